The van der Waals surface area contributed by atoms with E-state index in [9.17, 15) is 4.79 Å². The van der Waals surface area contributed by atoms with E-state index in [1.807, 2.05) is 6.92 Å². The van der Waals surface area contributed by atoms with Crippen molar-refractivity contribution in [2.75, 3.05) is 6.61 Å². The van der Waals surface area contributed by atoms with Crippen LogP contribution in [-0.4, -0.2) is 18.5 Å². The van der Waals surface area contributed by atoms with Gasteiger partial charge in [0.15, 0.2) is 0 Å². The quantitative estimate of drug-likeness (QED) is 0.521. The Balaban J connectivity index is 2.40. The van der Waals surface area contributed by atoms with Crippen molar-refractivity contribution in [1.29, 1.82) is 0 Å². The Bertz CT molecular complexity index is 103. The minimum Gasteiger partial charge on any atom is -0.375 e. The molecule has 2 nitrogen and oxygen atoms in total. The van der Waals surface area contributed by atoms with E-state index in [0.717, 1.165) is 25.7 Å². The van der Waals surface area contributed by atoms with E-state index in [1.165, 1.54) is 0 Å². The van der Waals surface area contributed by atoms with E-state index in [2.05, 4.69) is 0 Å². The van der Waals surface area contributed by atoms with Crippen LogP contribution in [0.3, 0.4) is 0 Å². The lowest BCUT2D eigenvalue weighted by Crippen LogP contribution is -2.22. The SMILES string of the molecule is CC1(CC=O)CCCO1. The van der Waals surface area contributed by atoms with Gasteiger partial charge < -0.3 is 9.53 Å². The summed E-state index contributed by atoms with van der Waals surface area (Å²) in [5.74, 6) is 0. The Kier molecular flexibility index (Phi) is 1.86. The third-order valence-electron chi connectivity index (χ3n) is 1.82. The molecule has 0 aliphatic carbocycles. The van der Waals surface area contributed by atoms with Crippen LogP contribution in [-0.2, 0) is 9.53 Å². The van der Waals surface area contributed by atoms with E-state index in [4.69, 9.17) is 4.74 Å². The first-order valence-corrected chi connectivity index (χ1v) is 3.34. The monoisotopic (exact) mass is 128 g/mol. The minimum absolute atomic E-state index is 0.123. The first-order valence-electron chi connectivity index (χ1n) is 3.34. The molecule has 0 saturated carbocycles. The Labute approximate surface area is 55.2 Å². The van der Waals surface area contributed by atoms with Gasteiger partial charge in [0.1, 0.15) is 6.29 Å². The highest BCUT2D eigenvalue weighted by atomic mass is 16.5. The van der Waals surface area contributed by atoms with Gasteiger partial charge in [0.25, 0.3) is 0 Å². The second-order valence-corrected chi connectivity index (χ2v) is 2.77. The third kappa shape index (κ3) is 1.52. The van der Waals surface area contributed by atoms with Crippen molar-refractivity contribution in [1.82, 2.24) is 0 Å². The lowest BCUT2D eigenvalue weighted by Gasteiger charge is -2.18. The molecule has 0 aromatic carbocycles. The molecule has 1 atom stereocenters. The lowest BCUT2D eigenvalue weighted by atomic mass is 10.00. The Morgan fingerprint density at radius 1 is 1.78 bits per heavy atom. The van der Waals surface area contributed by atoms with E-state index in [1.54, 1.807) is 0 Å². The number of rotatable bonds is 2. The summed E-state index contributed by atoms with van der Waals surface area (Å²) in [6.45, 7) is 2.82. The fourth-order valence-electron chi connectivity index (χ4n) is 1.17. The zero-order valence-electron chi connectivity index (χ0n) is 5.72. The predicted octanol–water partition coefficient (Wildman–Crippen LogP) is 1.14. The summed E-state index contributed by atoms with van der Waals surface area (Å²) < 4.78 is 5.35. The van der Waals surface area contributed by atoms with Crippen molar-refractivity contribution in [3.63, 3.8) is 0 Å². The highest BCUT2D eigenvalue weighted by Gasteiger charge is 2.28. The van der Waals surface area contributed by atoms with Crippen LogP contribution in [0.2, 0.25) is 0 Å². The van der Waals surface area contributed by atoms with Gasteiger partial charge in [-0.05, 0) is 19.8 Å². The van der Waals surface area contributed by atoms with Gasteiger partial charge in [0.05, 0.1) is 5.60 Å². The fourth-order valence-corrected chi connectivity index (χ4v) is 1.17. The van der Waals surface area contributed by atoms with E-state index in [-0.39, 0.29) is 5.60 Å². The molecule has 1 aliphatic rings. The second kappa shape index (κ2) is 2.48. The molecule has 0 N–H and O–H groups in total. The number of hydrogen-bond acceptors (Lipinski definition) is 2. The highest BCUT2D eigenvalue weighted by molar-refractivity contribution is 5.51. The normalized spacial score (nSPS) is 34.8. The highest BCUT2D eigenvalue weighted by Crippen LogP contribution is 2.26. The fraction of sp³-hybridized carbons (Fsp3) is 0.857. The Morgan fingerprint density at radius 2 is 2.56 bits per heavy atom. The van der Waals surface area contributed by atoms with Gasteiger partial charge in [-0.3, -0.25) is 0 Å². The molecule has 0 amide bonds. The summed E-state index contributed by atoms with van der Waals surface area (Å²) in [5.41, 5.74) is -0.123. The minimum atomic E-state index is -0.123. The Morgan fingerprint density at radius 3 is 3.00 bits per heavy atom. The summed E-state index contributed by atoms with van der Waals surface area (Å²) in [6.07, 6.45) is 3.62. The summed E-state index contributed by atoms with van der Waals surface area (Å²) in [5, 5.41) is 0. The van der Waals surface area contributed by atoms with Crippen LogP contribution in [0.15, 0.2) is 0 Å². The van der Waals surface area contributed by atoms with Gasteiger partial charge in [0, 0.05) is 13.0 Å². The van der Waals surface area contributed by atoms with Crippen molar-refractivity contribution in [2.45, 2.75) is 31.8 Å². The average Bonchev–Trinajstić information content (AvgIpc) is 2.16. The number of hydrogen-bond donors (Lipinski definition) is 0. The Hall–Kier alpha value is -0.370. The average molecular weight is 128 g/mol. The summed E-state index contributed by atoms with van der Waals surface area (Å²) in [4.78, 5) is 10.1. The van der Waals surface area contributed by atoms with Gasteiger partial charge >= 0.3 is 0 Å². The molecule has 9 heavy (non-hydrogen) atoms. The van der Waals surface area contributed by atoms with Gasteiger partial charge in [-0.25, -0.2) is 0 Å². The van der Waals surface area contributed by atoms with Crippen molar-refractivity contribution in [2.24, 2.45) is 0 Å². The molecule has 1 aliphatic heterocycles. The standard InChI is InChI=1S/C7H12O2/c1-7(4-5-8)3-2-6-9-7/h5H,2-4,6H2,1H3. The molecule has 0 bridgehead atoms. The molecule has 52 valence electrons. The van der Waals surface area contributed by atoms with Gasteiger partial charge in [0.2, 0.25) is 0 Å². The van der Waals surface area contributed by atoms with Crippen molar-refractivity contribution in [3.8, 4) is 0 Å². The maximum absolute atomic E-state index is 10.1. The van der Waals surface area contributed by atoms with Crippen LogP contribution in [0.5, 0.6) is 0 Å². The molecular formula is C7H12O2. The summed E-state index contributed by atoms with van der Waals surface area (Å²) in [6, 6.07) is 0. The van der Waals surface area contributed by atoms with Crippen molar-refractivity contribution < 1.29 is 9.53 Å². The molecule has 0 aromatic rings. The van der Waals surface area contributed by atoms with Crippen LogP contribution >= 0.6 is 0 Å². The zero-order valence-corrected chi connectivity index (χ0v) is 5.72. The first kappa shape index (κ1) is 6.75. The van der Waals surface area contributed by atoms with Crippen LogP contribution in [0.4, 0.5) is 0 Å². The maximum Gasteiger partial charge on any atom is 0.122 e. The summed E-state index contributed by atoms with van der Waals surface area (Å²) >= 11 is 0. The number of ether oxygens (including phenoxy) is 1. The topological polar surface area (TPSA) is 26.3 Å². The van der Waals surface area contributed by atoms with E-state index < -0.39 is 0 Å². The van der Waals surface area contributed by atoms with Crippen LogP contribution in [0.25, 0.3) is 0 Å². The molecule has 0 aromatic heterocycles. The van der Waals surface area contributed by atoms with E-state index >= 15 is 0 Å². The molecular weight excluding hydrogens is 116 g/mol. The molecule has 2 heteroatoms. The molecule has 1 heterocycles. The first-order chi connectivity index (χ1) is 4.27. The lowest BCUT2D eigenvalue weighted by molar-refractivity contribution is -0.112. The molecule has 1 fully saturated rings. The molecule has 1 rings (SSSR count). The van der Waals surface area contributed by atoms with Crippen molar-refractivity contribution in [3.05, 3.63) is 0 Å². The molecule has 0 radical (unpaired) electrons. The number of carbonyl (C=O) groups excluding carboxylic acids is 1. The van der Waals surface area contributed by atoms with E-state index in [0.29, 0.717) is 6.42 Å². The molecule has 1 unspecified atom stereocenters. The smallest absolute Gasteiger partial charge is 0.122 e. The second-order valence-electron chi connectivity index (χ2n) is 2.77. The molecule has 0 spiro atoms. The van der Waals surface area contributed by atoms with Crippen LogP contribution < -0.4 is 0 Å². The molecule has 1 saturated heterocycles. The predicted molar refractivity (Wildman–Crippen MR) is 34.3 cm³/mol. The van der Waals surface area contributed by atoms with Gasteiger partial charge in [-0.15, -0.1) is 0 Å². The number of carbonyl (C=O) groups is 1. The summed E-state index contributed by atoms with van der Waals surface area (Å²) in [7, 11) is 0. The maximum atomic E-state index is 10.1. The van der Waals surface area contributed by atoms with Crippen LogP contribution in [0.1, 0.15) is 26.2 Å². The van der Waals surface area contributed by atoms with Gasteiger partial charge in [-0.2, -0.15) is 0 Å². The largest absolute Gasteiger partial charge is 0.375 e. The third-order valence-corrected chi connectivity index (χ3v) is 1.82. The zero-order chi connectivity index (χ0) is 6.74. The van der Waals surface area contributed by atoms with Crippen molar-refractivity contribution >= 4 is 6.29 Å². The number of aldehydes is 1. The van der Waals surface area contributed by atoms with Crippen LogP contribution in [0, 0.1) is 0 Å². The van der Waals surface area contributed by atoms with Gasteiger partial charge in [-0.1, -0.05) is 0 Å².